The van der Waals surface area contributed by atoms with Gasteiger partial charge in [0.25, 0.3) is 0 Å². The molecule has 2 aromatic rings. The van der Waals surface area contributed by atoms with E-state index in [-0.39, 0.29) is 18.3 Å². The van der Waals surface area contributed by atoms with E-state index in [0.717, 1.165) is 24.3 Å². The first kappa shape index (κ1) is 17.4. The first-order valence-electron chi connectivity index (χ1n) is 8.09. The summed E-state index contributed by atoms with van der Waals surface area (Å²) in [7, 11) is 1.41. The molecule has 1 amide bonds. The van der Waals surface area contributed by atoms with Gasteiger partial charge in [-0.15, -0.1) is 10.2 Å². The highest BCUT2D eigenvalue weighted by atomic mass is 32.1. The third-order valence-electron chi connectivity index (χ3n) is 4.25. The molecule has 1 fully saturated rings. The quantitative estimate of drug-likeness (QED) is 0.784. The Hall–Kier alpha value is -2.42. The molecule has 8 nitrogen and oxygen atoms in total. The van der Waals surface area contributed by atoms with Crippen LogP contribution < -0.4 is 5.32 Å². The van der Waals surface area contributed by atoms with Gasteiger partial charge in [-0.05, 0) is 31.2 Å². The molecule has 0 aliphatic heterocycles. The average Bonchev–Trinajstić information content (AvgIpc) is 3.25. The minimum Gasteiger partial charge on any atom is -0.469 e. The van der Waals surface area contributed by atoms with Crippen molar-refractivity contribution >= 4 is 28.3 Å². The fourth-order valence-electron chi connectivity index (χ4n) is 3.00. The fraction of sp³-hybridized carbons (Fsp3) is 0.500. The van der Waals surface area contributed by atoms with Crippen molar-refractivity contribution in [1.82, 2.24) is 20.2 Å². The Kier molecular flexibility index (Phi) is 5.64. The summed E-state index contributed by atoms with van der Waals surface area (Å²) >= 11 is 1.39. The van der Waals surface area contributed by atoms with E-state index in [1.807, 2.05) is 0 Å². The topological polar surface area (TPSA) is 107 Å². The van der Waals surface area contributed by atoms with Gasteiger partial charge in [0.15, 0.2) is 0 Å². The van der Waals surface area contributed by atoms with Crippen LogP contribution in [0.25, 0.3) is 0 Å². The molecule has 3 rings (SSSR count). The Morgan fingerprint density at radius 2 is 2.24 bits per heavy atom. The van der Waals surface area contributed by atoms with Gasteiger partial charge in [0.1, 0.15) is 11.3 Å². The number of methoxy groups -OCH3 is 1. The Morgan fingerprint density at radius 3 is 3.00 bits per heavy atom. The van der Waals surface area contributed by atoms with Crippen LogP contribution in [0.4, 0.5) is 5.13 Å². The summed E-state index contributed by atoms with van der Waals surface area (Å²) < 4.78 is 4.73. The molecular weight excluding hydrogens is 342 g/mol. The van der Waals surface area contributed by atoms with E-state index in [1.54, 1.807) is 12.3 Å². The van der Waals surface area contributed by atoms with Gasteiger partial charge in [-0.2, -0.15) is 0 Å². The van der Waals surface area contributed by atoms with E-state index >= 15 is 0 Å². The molecule has 0 spiro atoms. The minimum absolute atomic E-state index is 0.166. The lowest BCUT2D eigenvalue weighted by molar-refractivity contribution is -0.141. The van der Waals surface area contributed by atoms with Crippen molar-refractivity contribution in [2.75, 3.05) is 12.4 Å². The lowest BCUT2D eigenvalue weighted by Crippen LogP contribution is -2.15. The van der Waals surface area contributed by atoms with Crippen LogP contribution in [-0.4, -0.2) is 39.2 Å². The first-order chi connectivity index (χ1) is 12.1. The molecule has 2 heterocycles. The maximum absolute atomic E-state index is 12.0. The summed E-state index contributed by atoms with van der Waals surface area (Å²) in [5.41, 5.74) is 0.652. The SMILES string of the molecule is COC(=O)CC1CCC(c2nnc(NC(=O)Cc3ccncn3)s2)C1. The number of nitrogens with zero attached hydrogens (tertiary/aromatic N) is 4. The van der Waals surface area contributed by atoms with E-state index < -0.39 is 0 Å². The Bertz CT molecular complexity index is 736. The number of amides is 1. The number of carbonyl (C=O) groups excluding carboxylic acids is 2. The lowest BCUT2D eigenvalue weighted by atomic mass is 10.0. The van der Waals surface area contributed by atoms with Gasteiger partial charge in [-0.25, -0.2) is 9.97 Å². The molecule has 1 aliphatic carbocycles. The monoisotopic (exact) mass is 361 g/mol. The van der Waals surface area contributed by atoms with Gasteiger partial charge in [-0.1, -0.05) is 11.3 Å². The number of nitrogens with one attached hydrogen (secondary N) is 1. The third-order valence-corrected chi connectivity index (χ3v) is 5.25. The summed E-state index contributed by atoms with van der Waals surface area (Å²) in [6.07, 6.45) is 6.49. The van der Waals surface area contributed by atoms with Crippen molar-refractivity contribution in [1.29, 1.82) is 0 Å². The molecule has 0 radical (unpaired) electrons. The molecule has 132 valence electrons. The van der Waals surface area contributed by atoms with Gasteiger partial charge in [0.05, 0.1) is 19.2 Å². The predicted molar refractivity (Wildman–Crippen MR) is 91.0 cm³/mol. The maximum atomic E-state index is 12.0. The van der Waals surface area contributed by atoms with Gasteiger partial charge < -0.3 is 10.1 Å². The second-order valence-electron chi connectivity index (χ2n) is 6.03. The van der Waals surface area contributed by atoms with Crippen molar-refractivity contribution in [3.63, 3.8) is 0 Å². The van der Waals surface area contributed by atoms with Crippen LogP contribution in [0, 0.1) is 5.92 Å². The number of hydrogen-bond acceptors (Lipinski definition) is 8. The summed E-state index contributed by atoms with van der Waals surface area (Å²) in [5.74, 6) is 0.272. The van der Waals surface area contributed by atoms with E-state index in [4.69, 9.17) is 4.74 Å². The van der Waals surface area contributed by atoms with Crippen LogP contribution >= 0.6 is 11.3 Å². The Labute approximate surface area is 149 Å². The zero-order valence-corrected chi connectivity index (χ0v) is 14.7. The van der Waals surface area contributed by atoms with Crippen molar-refractivity contribution in [3.8, 4) is 0 Å². The first-order valence-corrected chi connectivity index (χ1v) is 8.90. The molecule has 1 aliphatic rings. The summed E-state index contributed by atoms with van der Waals surface area (Å²) in [6, 6.07) is 1.70. The Morgan fingerprint density at radius 1 is 1.36 bits per heavy atom. The number of esters is 1. The van der Waals surface area contributed by atoms with E-state index in [9.17, 15) is 9.59 Å². The molecule has 9 heteroatoms. The Balaban J connectivity index is 1.52. The number of ether oxygens (including phenoxy) is 1. The van der Waals surface area contributed by atoms with Crippen molar-refractivity contribution in [2.24, 2.45) is 5.92 Å². The largest absolute Gasteiger partial charge is 0.469 e. The van der Waals surface area contributed by atoms with Crippen molar-refractivity contribution in [2.45, 2.75) is 38.0 Å². The number of anilines is 1. The molecule has 0 bridgehead atoms. The summed E-state index contributed by atoms with van der Waals surface area (Å²) in [6.45, 7) is 0. The third kappa shape index (κ3) is 4.79. The van der Waals surface area contributed by atoms with Gasteiger partial charge in [0, 0.05) is 18.5 Å². The van der Waals surface area contributed by atoms with E-state index in [1.165, 1.54) is 24.8 Å². The van der Waals surface area contributed by atoms with Crippen molar-refractivity contribution in [3.05, 3.63) is 29.3 Å². The number of rotatable bonds is 6. The highest BCUT2D eigenvalue weighted by Crippen LogP contribution is 2.41. The van der Waals surface area contributed by atoms with Crippen LogP contribution in [0.2, 0.25) is 0 Å². The van der Waals surface area contributed by atoms with Gasteiger partial charge in [-0.3, -0.25) is 9.59 Å². The standard InChI is InChI=1S/C16H19N5O3S/c1-24-14(23)7-10-2-3-11(6-10)15-20-21-16(25-15)19-13(22)8-12-4-5-17-9-18-12/h4-5,9-11H,2-3,6-8H2,1H3,(H,19,21,22). The van der Waals surface area contributed by atoms with Crippen LogP contribution in [-0.2, 0) is 20.7 Å². The maximum Gasteiger partial charge on any atom is 0.305 e. The van der Waals surface area contributed by atoms with Gasteiger partial charge in [0.2, 0.25) is 11.0 Å². The van der Waals surface area contributed by atoms with Crippen LogP contribution in [0.15, 0.2) is 18.6 Å². The highest BCUT2D eigenvalue weighted by molar-refractivity contribution is 7.15. The molecular formula is C16H19N5O3S. The second kappa shape index (κ2) is 8.11. The van der Waals surface area contributed by atoms with E-state index in [2.05, 4.69) is 25.5 Å². The molecule has 1 saturated carbocycles. The van der Waals surface area contributed by atoms with E-state index in [0.29, 0.717) is 29.1 Å². The highest BCUT2D eigenvalue weighted by Gasteiger charge is 2.30. The smallest absolute Gasteiger partial charge is 0.305 e. The number of aromatic nitrogens is 4. The van der Waals surface area contributed by atoms with Crippen LogP contribution in [0.5, 0.6) is 0 Å². The zero-order chi connectivity index (χ0) is 17.6. The van der Waals surface area contributed by atoms with Gasteiger partial charge >= 0.3 is 5.97 Å². The second-order valence-corrected chi connectivity index (χ2v) is 7.04. The normalized spacial score (nSPS) is 19.6. The predicted octanol–water partition coefficient (Wildman–Crippen LogP) is 1.96. The lowest BCUT2D eigenvalue weighted by Gasteiger charge is -2.07. The molecule has 25 heavy (non-hydrogen) atoms. The average molecular weight is 361 g/mol. The summed E-state index contributed by atoms with van der Waals surface area (Å²) in [4.78, 5) is 31.3. The summed E-state index contributed by atoms with van der Waals surface area (Å²) in [5, 5.41) is 12.4. The molecule has 2 aromatic heterocycles. The molecule has 2 atom stereocenters. The zero-order valence-electron chi connectivity index (χ0n) is 13.8. The molecule has 1 N–H and O–H groups in total. The fourth-order valence-corrected chi connectivity index (χ4v) is 3.91. The molecule has 0 aromatic carbocycles. The molecule has 2 unspecified atom stereocenters. The molecule has 0 saturated heterocycles. The minimum atomic E-state index is -0.184. The number of carbonyl (C=O) groups is 2. The van der Waals surface area contributed by atoms with Crippen LogP contribution in [0.1, 0.15) is 42.3 Å². The van der Waals surface area contributed by atoms with Crippen LogP contribution in [0.3, 0.4) is 0 Å². The number of hydrogen-bond donors (Lipinski definition) is 1. The van der Waals surface area contributed by atoms with Crippen molar-refractivity contribution < 1.29 is 14.3 Å².